The first-order valence-corrected chi connectivity index (χ1v) is 7.59. The van der Waals surface area contributed by atoms with Crippen molar-refractivity contribution in [1.29, 1.82) is 0 Å². The highest BCUT2D eigenvalue weighted by Crippen LogP contribution is 2.31. The normalized spacial score (nSPS) is 21.4. The number of nitrogens with zero attached hydrogens (tertiary/aromatic N) is 1. The first kappa shape index (κ1) is 15.5. The van der Waals surface area contributed by atoms with Gasteiger partial charge in [-0.25, -0.2) is 0 Å². The number of rotatable bonds is 3. The molecule has 1 heterocycles. The van der Waals surface area contributed by atoms with E-state index in [0.29, 0.717) is 12.8 Å². The van der Waals surface area contributed by atoms with Crippen molar-refractivity contribution in [2.24, 2.45) is 0 Å². The Labute approximate surface area is 126 Å². The van der Waals surface area contributed by atoms with E-state index in [1.165, 1.54) is 0 Å². The third kappa shape index (κ3) is 2.43. The summed E-state index contributed by atoms with van der Waals surface area (Å²) in [5.41, 5.74) is 2.16. The quantitative estimate of drug-likeness (QED) is 0.929. The molecule has 2 amide bonds. The molecule has 2 rings (SSSR count). The van der Waals surface area contributed by atoms with Gasteiger partial charge in [0.25, 0.3) is 5.91 Å². The maximum absolute atomic E-state index is 13.0. The number of aryl methyl sites for hydroxylation is 2. The Morgan fingerprint density at radius 3 is 2.38 bits per heavy atom. The summed E-state index contributed by atoms with van der Waals surface area (Å²) in [6.07, 6.45) is 1.20. The molecule has 4 nitrogen and oxygen atoms in total. The van der Waals surface area contributed by atoms with Crippen LogP contribution in [0.15, 0.2) is 18.2 Å². The van der Waals surface area contributed by atoms with Gasteiger partial charge in [-0.15, -0.1) is 0 Å². The summed E-state index contributed by atoms with van der Waals surface area (Å²) in [5, 5.41) is 2.93. The van der Waals surface area contributed by atoms with Crippen LogP contribution in [0.25, 0.3) is 0 Å². The number of hydrogen-bond donors (Lipinski definition) is 1. The van der Waals surface area contributed by atoms with Crippen LogP contribution in [0.4, 0.5) is 5.69 Å². The van der Waals surface area contributed by atoms with Crippen molar-refractivity contribution in [3.63, 3.8) is 0 Å². The first-order valence-electron chi connectivity index (χ1n) is 7.59. The minimum absolute atomic E-state index is 0.00620. The van der Waals surface area contributed by atoms with Crippen LogP contribution in [-0.4, -0.2) is 23.4 Å². The number of carbonyl (C=O) groups excluding carboxylic acids is 2. The summed E-state index contributed by atoms with van der Waals surface area (Å²) in [7, 11) is 0. The topological polar surface area (TPSA) is 49.4 Å². The number of anilines is 1. The molecule has 1 fully saturated rings. The predicted octanol–water partition coefficient (Wildman–Crippen LogP) is 2.71. The molecule has 1 aliphatic rings. The average Bonchev–Trinajstić information content (AvgIpc) is 2.47. The molecule has 0 bridgehead atoms. The summed E-state index contributed by atoms with van der Waals surface area (Å²) >= 11 is 0. The summed E-state index contributed by atoms with van der Waals surface area (Å²) < 4.78 is 0. The lowest BCUT2D eigenvalue weighted by Crippen LogP contribution is -2.69. The lowest BCUT2D eigenvalue weighted by molar-refractivity contribution is -0.138. The van der Waals surface area contributed by atoms with E-state index >= 15 is 0 Å². The van der Waals surface area contributed by atoms with Crippen LogP contribution in [0.1, 0.15) is 44.7 Å². The first-order chi connectivity index (χ1) is 9.86. The maximum atomic E-state index is 13.0. The van der Waals surface area contributed by atoms with E-state index in [1.807, 2.05) is 45.9 Å². The Hall–Kier alpha value is -1.84. The van der Waals surface area contributed by atoms with E-state index in [1.54, 1.807) is 11.8 Å². The van der Waals surface area contributed by atoms with Gasteiger partial charge in [0.15, 0.2) is 0 Å². The molecule has 1 aliphatic heterocycles. The fraction of sp³-hybridized carbons (Fsp3) is 0.529. The Kier molecular flexibility index (Phi) is 4.08. The molecule has 1 aromatic rings. The van der Waals surface area contributed by atoms with E-state index in [9.17, 15) is 9.59 Å². The Balaban J connectivity index is 2.56. The summed E-state index contributed by atoms with van der Waals surface area (Å²) in [6, 6.07) is 5.52. The van der Waals surface area contributed by atoms with Crippen molar-refractivity contribution in [2.45, 2.75) is 59.0 Å². The Bertz CT molecular complexity index is 576. The van der Waals surface area contributed by atoms with Crippen LogP contribution in [0.5, 0.6) is 0 Å². The molecule has 0 radical (unpaired) electrons. The molecular formula is C17H24N2O2. The van der Waals surface area contributed by atoms with Gasteiger partial charge >= 0.3 is 0 Å². The molecule has 21 heavy (non-hydrogen) atoms. The highest BCUT2D eigenvalue weighted by atomic mass is 16.2. The highest BCUT2D eigenvalue weighted by molar-refractivity contribution is 6.11. The number of carbonyl (C=O) groups is 2. The van der Waals surface area contributed by atoms with E-state index in [-0.39, 0.29) is 11.8 Å². The van der Waals surface area contributed by atoms with Gasteiger partial charge in [-0.05, 0) is 50.8 Å². The molecule has 0 spiro atoms. The second-order valence-electron chi connectivity index (χ2n) is 5.92. The van der Waals surface area contributed by atoms with Crippen LogP contribution < -0.4 is 10.2 Å². The highest BCUT2D eigenvalue weighted by Gasteiger charge is 2.48. The summed E-state index contributed by atoms with van der Waals surface area (Å²) in [5.74, 6) is -0.0903. The molecule has 1 atom stereocenters. The van der Waals surface area contributed by atoms with Crippen LogP contribution in [0.2, 0.25) is 0 Å². The molecule has 0 aromatic heterocycles. The number of piperazine rings is 1. The maximum Gasteiger partial charge on any atom is 0.253 e. The van der Waals surface area contributed by atoms with Crippen molar-refractivity contribution >= 4 is 17.5 Å². The Morgan fingerprint density at radius 1 is 1.19 bits per heavy atom. The van der Waals surface area contributed by atoms with Crippen molar-refractivity contribution < 1.29 is 9.59 Å². The average molecular weight is 288 g/mol. The van der Waals surface area contributed by atoms with Gasteiger partial charge in [-0.2, -0.15) is 0 Å². The monoisotopic (exact) mass is 288 g/mol. The van der Waals surface area contributed by atoms with Crippen molar-refractivity contribution in [2.75, 3.05) is 4.90 Å². The lowest BCUT2D eigenvalue weighted by Gasteiger charge is -2.45. The van der Waals surface area contributed by atoms with Crippen molar-refractivity contribution in [3.05, 3.63) is 29.3 Å². The van der Waals surface area contributed by atoms with Crippen LogP contribution in [-0.2, 0) is 9.59 Å². The zero-order valence-corrected chi connectivity index (χ0v) is 13.5. The van der Waals surface area contributed by atoms with Crippen molar-refractivity contribution in [1.82, 2.24) is 5.32 Å². The number of nitrogens with one attached hydrogen (secondary N) is 1. The molecule has 1 aromatic carbocycles. The van der Waals surface area contributed by atoms with Gasteiger partial charge in [0.1, 0.15) is 11.6 Å². The van der Waals surface area contributed by atoms with E-state index < -0.39 is 11.6 Å². The molecule has 1 unspecified atom stereocenters. The molecular weight excluding hydrogens is 264 g/mol. The lowest BCUT2D eigenvalue weighted by atomic mass is 9.86. The predicted molar refractivity (Wildman–Crippen MR) is 84.3 cm³/mol. The molecule has 1 N–H and O–H groups in total. The summed E-state index contributed by atoms with van der Waals surface area (Å²) in [4.78, 5) is 27.1. The third-order valence-electron chi connectivity index (χ3n) is 4.59. The largest absolute Gasteiger partial charge is 0.340 e. The zero-order valence-electron chi connectivity index (χ0n) is 13.5. The van der Waals surface area contributed by atoms with Crippen molar-refractivity contribution in [3.8, 4) is 0 Å². The minimum Gasteiger partial charge on any atom is -0.340 e. The van der Waals surface area contributed by atoms with Crippen LogP contribution in [0, 0.1) is 13.8 Å². The van der Waals surface area contributed by atoms with E-state index in [2.05, 4.69) is 5.32 Å². The van der Waals surface area contributed by atoms with Gasteiger partial charge in [0, 0.05) is 5.69 Å². The molecule has 1 saturated heterocycles. The van der Waals surface area contributed by atoms with Gasteiger partial charge in [-0.3, -0.25) is 14.5 Å². The fourth-order valence-electron chi connectivity index (χ4n) is 2.94. The SMILES string of the molecule is CCC1(CC)NC(=O)C(C)N(c2cc(C)ccc2C)C1=O. The van der Waals surface area contributed by atoms with Crippen LogP contribution >= 0.6 is 0 Å². The standard InChI is InChI=1S/C17H24N2O2/c1-6-17(7-2)16(21)19(13(5)15(20)18-17)14-10-11(3)8-9-12(14)4/h8-10,13H,6-7H2,1-5H3,(H,18,20). The van der Waals surface area contributed by atoms with Gasteiger partial charge in [0.2, 0.25) is 5.91 Å². The fourth-order valence-corrected chi connectivity index (χ4v) is 2.94. The summed E-state index contributed by atoms with van der Waals surface area (Å²) in [6.45, 7) is 9.64. The molecule has 114 valence electrons. The minimum atomic E-state index is -0.778. The van der Waals surface area contributed by atoms with Gasteiger partial charge in [0.05, 0.1) is 0 Å². The Morgan fingerprint density at radius 2 is 1.81 bits per heavy atom. The number of hydrogen-bond acceptors (Lipinski definition) is 2. The van der Waals surface area contributed by atoms with Crippen LogP contribution in [0.3, 0.4) is 0 Å². The number of amides is 2. The number of benzene rings is 1. The van der Waals surface area contributed by atoms with Gasteiger partial charge < -0.3 is 5.32 Å². The zero-order chi connectivity index (χ0) is 15.8. The molecule has 0 aliphatic carbocycles. The van der Waals surface area contributed by atoms with Gasteiger partial charge in [-0.1, -0.05) is 26.0 Å². The van der Waals surface area contributed by atoms with E-state index in [4.69, 9.17) is 0 Å². The third-order valence-corrected chi connectivity index (χ3v) is 4.59. The second kappa shape index (κ2) is 5.51. The smallest absolute Gasteiger partial charge is 0.253 e. The molecule has 0 saturated carbocycles. The van der Waals surface area contributed by atoms with E-state index in [0.717, 1.165) is 16.8 Å². The molecule has 4 heteroatoms. The second-order valence-corrected chi connectivity index (χ2v) is 5.92.